The number of carbonyl (C=O) groups excluding carboxylic acids is 6. The van der Waals surface area contributed by atoms with Crippen molar-refractivity contribution in [2.75, 3.05) is 18.6 Å². The molecule has 8 N–H and O–H groups in total. The third-order valence-electron chi connectivity index (χ3n) is 9.76. The van der Waals surface area contributed by atoms with Gasteiger partial charge in [-0.3, -0.25) is 28.8 Å². The molecule has 1 aromatic rings. The molecule has 0 bridgehead atoms. The molecule has 1 heterocycles. The van der Waals surface area contributed by atoms with Crippen LogP contribution in [0.25, 0.3) is 0 Å². The first-order valence-electron chi connectivity index (χ1n) is 19.2. The highest BCUT2D eigenvalue weighted by atomic mass is 32.2. The maximum atomic E-state index is 14.1. The molecule has 1 saturated heterocycles. The van der Waals surface area contributed by atoms with E-state index in [-0.39, 0.29) is 31.1 Å². The normalized spacial score (nSPS) is 17.9. The number of nitrogens with zero attached hydrogens (tertiary/aromatic N) is 1. The van der Waals surface area contributed by atoms with Crippen LogP contribution in [-0.4, -0.2) is 112 Å². The van der Waals surface area contributed by atoms with Crippen LogP contribution in [0.1, 0.15) is 86.1 Å². The highest BCUT2D eigenvalue weighted by Gasteiger charge is 2.41. The van der Waals surface area contributed by atoms with Crippen LogP contribution >= 0.6 is 11.8 Å². The van der Waals surface area contributed by atoms with E-state index >= 15 is 0 Å². The molecule has 1 fully saturated rings. The van der Waals surface area contributed by atoms with Gasteiger partial charge in [-0.15, -0.1) is 0 Å². The fraction of sp³-hybridized carbons (Fsp3) is 0.667. The lowest BCUT2D eigenvalue weighted by Gasteiger charge is -2.32. The second-order valence-electron chi connectivity index (χ2n) is 15.2. The number of aliphatic carboxylic acids is 1. The topological polar surface area (TPSA) is 229 Å². The molecule has 0 unspecified atom stereocenters. The number of nitrogens with two attached hydrogens (primary N) is 1. The van der Waals surface area contributed by atoms with Crippen molar-refractivity contribution in [1.82, 2.24) is 31.5 Å². The number of hydrogen-bond donors (Lipinski definition) is 7. The second-order valence-corrected chi connectivity index (χ2v) is 16.2. The Morgan fingerprint density at radius 2 is 1.42 bits per heavy atom. The van der Waals surface area contributed by atoms with Crippen molar-refractivity contribution in [2.24, 2.45) is 23.5 Å². The molecule has 1 aliphatic heterocycles. The van der Waals surface area contributed by atoms with Gasteiger partial charge in [0.1, 0.15) is 36.3 Å². The lowest BCUT2D eigenvalue weighted by atomic mass is 9.96. The van der Waals surface area contributed by atoms with Gasteiger partial charge in [0.05, 0.1) is 6.04 Å². The Bertz CT molecular complexity index is 1460. The number of thioether (sulfide) groups is 1. The SMILES string of the molecule is CC[C@H](C)[C@H](NC(=O)[C@H](C)N)C(=O)N1CCC[C@H]1C(=O)N[C@@H](CC(C)C)C(=O)N[C@@H](Cc1ccccc1)C(=O)N[C@H](C(=O)N[C@@H](CCSC)C(=O)O)C(C)C. The number of hydrogen-bond acceptors (Lipinski definition) is 9. The summed E-state index contributed by atoms with van der Waals surface area (Å²) >= 11 is 1.45. The first-order chi connectivity index (χ1) is 25.9. The van der Waals surface area contributed by atoms with Gasteiger partial charge >= 0.3 is 5.97 Å². The molecule has 0 saturated carbocycles. The van der Waals surface area contributed by atoms with E-state index in [0.29, 0.717) is 31.6 Å². The quantitative estimate of drug-likeness (QED) is 0.0897. The molecule has 2 rings (SSSR count). The third kappa shape index (κ3) is 14.8. The fourth-order valence-electron chi connectivity index (χ4n) is 6.30. The third-order valence-corrected chi connectivity index (χ3v) is 10.4. The number of likely N-dealkylation sites (tertiary alicyclic amines) is 1. The van der Waals surface area contributed by atoms with E-state index in [4.69, 9.17) is 5.73 Å². The Hall–Kier alpha value is -4.18. The van der Waals surface area contributed by atoms with Gasteiger partial charge in [-0.05, 0) is 67.9 Å². The molecular weight excluding hydrogens is 727 g/mol. The van der Waals surface area contributed by atoms with Gasteiger partial charge in [-0.2, -0.15) is 11.8 Å². The summed E-state index contributed by atoms with van der Waals surface area (Å²) in [5, 5.41) is 23.4. The average molecular weight is 790 g/mol. The molecule has 0 aliphatic carbocycles. The maximum absolute atomic E-state index is 14.1. The molecule has 308 valence electrons. The lowest BCUT2D eigenvalue weighted by molar-refractivity contribution is -0.143. The Balaban J connectivity index is 2.34. The highest BCUT2D eigenvalue weighted by Crippen LogP contribution is 2.22. The summed E-state index contributed by atoms with van der Waals surface area (Å²) in [5.41, 5.74) is 6.49. The molecule has 16 heteroatoms. The largest absolute Gasteiger partial charge is 0.480 e. The molecule has 8 atom stereocenters. The van der Waals surface area contributed by atoms with Crippen LogP contribution in [0.2, 0.25) is 0 Å². The van der Waals surface area contributed by atoms with Gasteiger partial charge in [0.15, 0.2) is 0 Å². The molecule has 15 nitrogen and oxygen atoms in total. The minimum atomic E-state index is -1.18. The lowest BCUT2D eigenvalue weighted by Crippen LogP contribution is -2.61. The van der Waals surface area contributed by atoms with Crippen molar-refractivity contribution in [3.05, 3.63) is 35.9 Å². The van der Waals surface area contributed by atoms with E-state index in [2.05, 4.69) is 26.6 Å². The zero-order valence-electron chi connectivity index (χ0n) is 33.6. The van der Waals surface area contributed by atoms with Crippen LogP contribution < -0.4 is 32.3 Å². The van der Waals surface area contributed by atoms with Crippen LogP contribution in [-0.2, 0) is 40.0 Å². The molecule has 55 heavy (non-hydrogen) atoms. The van der Waals surface area contributed by atoms with Crippen LogP contribution in [0.5, 0.6) is 0 Å². The van der Waals surface area contributed by atoms with Gasteiger partial charge < -0.3 is 42.3 Å². The van der Waals surface area contributed by atoms with Crippen LogP contribution in [0.4, 0.5) is 0 Å². The summed E-state index contributed by atoms with van der Waals surface area (Å²) in [6.45, 7) is 12.8. The Labute approximate surface area is 329 Å². The number of amides is 6. The minimum absolute atomic E-state index is 0.0516. The Kier molecular flexibility index (Phi) is 19.7. The summed E-state index contributed by atoms with van der Waals surface area (Å²) < 4.78 is 0. The number of rotatable bonds is 22. The smallest absolute Gasteiger partial charge is 0.326 e. The van der Waals surface area contributed by atoms with E-state index in [1.807, 2.05) is 40.0 Å². The van der Waals surface area contributed by atoms with E-state index in [9.17, 15) is 38.7 Å². The summed E-state index contributed by atoms with van der Waals surface area (Å²) in [6.07, 6.45) is 3.82. The predicted octanol–water partition coefficient (Wildman–Crippen LogP) is 1.58. The van der Waals surface area contributed by atoms with Crippen LogP contribution in [0.3, 0.4) is 0 Å². The Morgan fingerprint density at radius 1 is 0.818 bits per heavy atom. The van der Waals surface area contributed by atoms with Crippen LogP contribution in [0, 0.1) is 17.8 Å². The van der Waals surface area contributed by atoms with Crippen molar-refractivity contribution in [2.45, 2.75) is 129 Å². The first-order valence-corrected chi connectivity index (χ1v) is 20.6. The highest BCUT2D eigenvalue weighted by molar-refractivity contribution is 7.98. The number of carboxylic acid groups (broad SMARTS) is 1. The predicted molar refractivity (Wildman–Crippen MR) is 213 cm³/mol. The van der Waals surface area contributed by atoms with E-state index in [0.717, 1.165) is 5.56 Å². The number of nitrogens with one attached hydrogen (secondary N) is 5. The second kappa shape index (κ2) is 23.0. The van der Waals surface area contributed by atoms with Gasteiger partial charge in [0.2, 0.25) is 35.4 Å². The molecule has 0 radical (unpaired) electrons. The first kappa shape index (κ1) is 47.0. The summed E-state index contributed by atoms with van der Waals surface area (Å²) in [4.78, 5) is 94.9. The number of carboxylic acids is 1. The Morgan fingerprint density at radius 3 is 1.96 bits per heavy atom. The summed E-state index contributed by atoms with van der Waals surface area (Å²) in [5.74, 6) is -4.71. The van der Waals surface area contributed by atoms with E-state index in [1.54, 1.807) is 38.1 Å². The van der Waals surface area contributed by atoms with E-state index < -0.39 is 89.6 Å². The summed E-state index contributed by atoms with van der Waals surface area (Å²) in [6, 6.07) is 1.92. The average Bonchev–Trinajstić information content (AvgIpc) is 3.63. The zero-order valence-corrected chi connectivity index (χ0v) is 34.4. The molecular formula is C39H63N7O8S. The maximum Gasteiger partial charge on any atom is 0.326 e. The standard InChI is InChI=1S/C39H63N7O8S/c1-9-24(6)32(45-33(47)25(7)40)38(52)46-18-13-16-30(46)36(50)43-28(20-22(2)3)34(48)42-29(21-26-14-11-10-12-15-26)35(49)44-31(23(4)5)37(51)41-27(39(53)54)17-19-55-8/h10-12,14-15,22-25,27-32H,9,13,16-21,40H2,1-8H3,(H,41,51)(H,42,48)(H,43,50)(H,44,49)(H,45,47)(H,53,54)/t24-,25-,27-,28-,29-,30-,31-,32-/m0/s1. The fourth-order valence-corrected chi connectivity index (χ4v) is 6.77. The van der Waals surface area contributed by atoms with Crippen molar-refractivity contribution in [3.8, 4) is 0 Å². The minimum Gasteiger partial charge on any atom is -0.480 e. The van der Waals surface area contributed by atoms with E-state index in [1.165, 1.54) is 23.6 Å². The monoisotopic (exact) mass is 789 g/mol. The molecule has 0 aromatic heterocycles. The van der Waals surface area contributed by atoms with Crippen molar-refractivity contribution in [3.63, 3.8) is 0 Å². The molecule has 1 aromatic carbocycles. The molecule has 1 aliphatic rings. The van der Waals surface area contributed by atoms with Gasteiger partial charge in [-0.25, -0.2) is 4.79 Å². The molecule has 0 spiro atoms. The van der Waals surface area contributed by atoms with Crippen molar-refractivity contribution < 1.29 is 38.7 Å². The van der Waals surface area contributed by atoms with Crippen molar-refractivity contribution >= 4 is 53.2 Å². The number of carbonyl (C=O) groups is 7. The van der Waals surface area contributed by atoms with Gasteiger partial charge in [0.25, 0.3) is 0 Å². The molecule has 6 amide bonds. The zero-order chi connectivity index (χ0) is 41.4. The van der Waals surface area contributed by atoms with Crippen molar-refractivity contribution in [1.29, 1.82) is 0 Å². The number of benzene rings is 1. The van der Waals surface area contributed by atoms with Gasteiger partial charge in [0, 0.05) is 13.0 Å². The van der Waals surface area contributed by atoms with Crippen LogP contribution in [0.15, 0.2) is 30.3 Å². The van der Waals surface area contributed by atoms with Gasteiger partial charge in [-0.1, -0.05) is 78.3 Å². The summed E-state index contributed by atoms with van der Waals surface area (Å²) in [7, 11) is 0.